The Morgan fingerprint density at radius 2 is 2.18 bits per heavy atom. The number of amides is 1. The summed E-state index contributed by atoms with van der Waals surface area (Å²) in [6.07, 6.45) is 2.41. The van der Waals surface area contributed by atoms with Crippen LogP contribution < -0.4 is 10.6 Å². The number of carbonyl (C=O) groups excluding carboxylic acids is 1. The first-order valence-corrected chi connectivity index (χ1v) is 6.84. The number of aliphatic hydroxyl groups excluding tert-OH is 1. The van der Waals surface area contributed by atoms with Gasteiger partial charge in [-0.15, -0.1) is 0 Å². The van der Waals surface area contributed by atoms with Crippen LogP contribution in [0.2, 0.25) is 0 Å². The van der Waals surface area contributed by atoms with Crippen LogP contribution in [0.3, 0.4) is 0 Å². The molecule has 0 spiro atoms. The van der Waals surface area contributed by atoms with Gasteiger partial charge in [-0.3, -0.25) is 4.79 Å². The molecule has 0 unspecified atom stereocenters. The van der Waals surface area contributed by atoms with E-state index in [1.807, 2.05) is 18.4 Å². The van der Waals surface area contributed by atoms with Crippen LogP contribution >= 0.6 is 11.8 Å². The summed E-state index contributed by atoms with van der Waals surface area (Å²) in [7, 11) is 0. The molecule has 0 aliphatic heterocycles. The van der Waals surface area contributed by atoms with E-state index >= 15 is 0 Å². The molecule has 0 bridgehead atoms. The number of thioether (sulfide) groups is 1. The number of benzene rings is 1. The van der Waals surface area contributed by atoms with Gasteiger partial charge in [0.15, 0.2) is 0 Å². The van der Waals surface area contributed by atoms with Crippen molar-refractivity contribution in [2.45, 2.75) is 6.42 Å². The molecule has 1 rings (SSSR count). The van der Waals surface area contributed by atoms with Gasteiger partial charge in [-0.25, -0.2) is 0 Å². The third-order valence-corrected chi connectivity index (χ3v) is 2.98. The van der Waals surface area contributed by atoms with Gasteiger partial charge >= 0.3 is 0 Å². The van der Waals surface area contributed by atoms with Gasteiger partial charge in [0.1, 0.15) is 0 Å². The predicted molar refractivity (Wildman–Crippen MR) is 73.3 cm³/mol. The average Bonchev–Trinajstić information content (AvgIpc) is 2.34. The van der Waals surface area contributed by atoms with E-state index in [4.69, 9.17) is 10.8 Å². The number of aliphatic hydroxyl groups is 1. The summed E-state index contributed by atoms with van der Waals surface area (Å²) < 4.78 is 0. The number of anilines is 2. The Kier molecular flexibility index (Phi) is 5.86. The number of nitrogens with zero attached hydrogens (tertiary/aromatic N) is 1. The van der Waals surface area contributed by atoms with Crippen LogP contribution in [-0.2, 0) is 4.79 Å². The Hall–Kier alpha value is -1.20. The largest absolute Gasteiger partial charge is 0.397 e. The van der Waals surface area contributed by atoms with Crippen molar-refractivity contribution >= 4 is 29.0 Å². The molecule has 4 nitrogen and oxygen atoms in total. The van der Waals surface area contributed by atoms with Crippen molar-refractivity contribution in [1.29, 1.82) is 0 Å². The molecule has 5 heteroatoms. The van der Waals surface area contributed by atoms with Crippen molar-refractivity contribution in [2.24, 2.45) is 0 Å². The SMILES string of the molecule is CSCCC(=O)N(CCO)c1ccccc1N. The zero-order valence-electron chi connectivity index (χ0n) is 9.93. The zero-order valence-corrected chi connectivity index (χ0v) is 10.7. The van der Waals surface area contributed by atoms with Crippen molar-refractivity contribution in [1.82, 2.24) is 0 Å². The fraction of sp³-hybridized carbons (Fsp3) is 0.417. The number of carbonyl (C=O) groups is 1. The molecule has 0 aliphatic carbocycles. The van der Waals surface area contributed by atoms with E-state index in [0.29, 0.717) is 17.8 Å². The van der Waals surface area contributed by atoms with E-state index in [1.54, 1.807) is 28.8 Å². The Morgan fingerprint density at radius 3 is 2.76 bits per heavy atom. The van der Waals surface area contributed by atoms with Crippen molar-refractivity contribution in [3.63, 3.8) is 0 Å². The molecule has 0 saturated carbocycles. The maximum absolute atomic E-state index is 12.0. The maximum Gasteiger partial charge on any atom is 0.227 e. The molecule has 0 saturated heterocycles. The fourth-order valence-corrected chi connectivity index (χ4v) is 1.92. The molecule has 94 valence electrons. The zero-order chi connectivity index (χ0) is 12.7. The fourth-order valence-electron chi connectivity index (χ4n) is 1.54. The summed E-state index contributed by atoms with van der Waals surface area (Å²) in [5, 5.41) is 9.02. The van der Waals surface area contributed by atoms with E-state index in [1.165, 1.54) is 0 Å². The van der Waals surface area contributed by atoms with Crippen molar-refractivity contribution < 1.29 is 9.90 Å². The maximum atomic E-state index is 12.0. The predicted octanol–water partition coefficient (Wildman–Crippen LogP) is 1.35. The Bertz CT molecular complexity index is 371. The third-order valence-electron chi connectivity index (χ3n) is 2.37. The van der Waals surface area contributed by atoms with Crippen LogP contribution in [-0.4, -0.2) is 36.2 Å². The van der Waals surface area contributed by atoms with E-state index in [-0.39, 0.29) is 19.1 Å². The van der Waals surface area contributed by atoms with Crippen LogP contribution in [0.25, 0.3) is 0 Å². The lowest BCUT2D eigenvalue weighted by Gasteiger charge is -2.23. The molecule has 0 fully saturated rings. The second-order valence-corrected chi connectivity index (χ2v) is 4.56. The van der Waals surface area contributed by atoms with Gasteiger partial charge in [0.05, 0.1) is 18.0 Å². The summed E-state index contributed by atoms with van der Waals surface area (Å²) in [6.45, 7) is 0.209. The number of para-hydroxylation sites is 2. The molecular formula is C12H18N2O2S. The molecule has 0 radical (unpaired) electrons. The lowest BCUT2D eigenvalue weighted by atomic mass is 10.2. The van der Waals surface area contributed by atoms with Crippen LogP contribution in [0.1, 0.15) is 6.42 Å². The smallest absolute Gasteiger partial charge is 0.227 e. The van der Waals surface area contributed by atoms with Gasteiger partial charge in [-0.2, -0.15) is 11.8 Å². The first-order chi connectivity index (χ1) is 8.20. The summed E-state index contributed by atoms with van der Waals surface area (Å²) >= 11 is 1.62. The van der Waals surface area contributed by atoms with E-state index < -0.39 is 0 Å². The second kappa shape index (κ2) is 7.19. The molecule has 0 aliphatic rings. The molecule has 1 aromatic carbocycles. The van der Waals surface area contributed by atoms with Crippen molar-refractivity contribution in [2.75, 3.05) is 35.8 Å². The standard InChI is InChI=1S/C12H18N2O2S/c1-17-9-6-12(16)14(7-8-15)11-5-3-2-4-10(11)13/h2-5,15H,6-9,13H2,1H3. The first-order valence-electron chi connectivity index (χ1n) is 5.45. The highest BCUT2D eigenvalue weighted by molar-refractivity contribution is 7.98. The molecule has 0 aromatic heterocycles. The monoisotopic (exact) mass is 254 g/mol. The van der Waals surface area contributed by atoms with Crippen molar-refractivity contribution in [3.05, 3.63) is 24.3 Å². The number of nitrogens with two attached hydrogens (primary N) is 1. The van der Waals surface area contributed by atoms with Gasteiger partial charge in [0.2, 0.25) is 5.91 Å². The summed E-state index contributed by atoms with van der Waals surface area (Å²) in [5.41, 5.74) is 7.07. The van der Waals surface area contributed by atoms with Gasteiger partial charge in [-0.1, -0.05) is 12.1 Å². The topological polar surface area (TPSA) is 66.6 Å². The van der Waals surface area contributed by atoms with Crippen LogP contribution in [0.5, 0.6) is 0 Å². The number of hydrogen-bond donors (Lipinski definition) is 2. The Balaban J connectivity index is 2.85. The van der Waals surface area contributed by atoms with E-state index in [9.17, 15) is 4.79 Å². The van der Waals surface area contributed by atoms with Crippen LogP contribution in [0.4, 0.5) is 11.4 Å². The molecule has 3 N–H and O–H groups in total. The van der Waals surface area contributed by atoms with Gasteiger partial charge in [0, 0.05) is 18.7 Å². The molecule has 1 aromatic rings. The highest BCUT2D eigenvalue weighted by Crippen LogP contribution is 2.23. The lowest BCUT2D eigenvalue weighted by Crippen LogP contribution is -2.34. The van der Waals surface area contributed by atoms with Crippen LogP contribution in [0, 0.1) is 0 Å². The average molecular weight is 254 g/mol. The highest BCUT2D eigenvalue weighted by atomic mass is 32.2. The highest BCUT2D eigenvalue weighted by Gasteiger charge is 2.16. The van der Waals surface area contributed by atoms with E-state index in [0.717, 1.165) is 5.75 Å². The Labute approximate surface area is 106 Å². The van der Waals surface area contributed by atoms with Gasteiger partial charge < -0.3 is 15.7 Å². The minimum atomic E-state index is -0.0701. The molecule has 0 heterocycles. The molecular weight excluding hydrogens is 236 g/mol. The minimum absolute atomic E-state index is 0.00806. The summed E-state index contributed by atoms with van der Waals surface area (Å²) in [5.74, 6) is 0.763. The van der Waals surface area contributed by atoms with Gasteiger partial charge in [-0.05, 0) is 18.4 Å². The van der Waals surface area contributed by atoms with Gasteiger partial charge in [0.25, 0.3) is 0 Å². The Morgan fingerprint density at radius 1 is 1.47 bits per heavy atom. The minimum Gasteiger partial charge on any atom is -0.397 e. The second-order valence-electron chi connectivity index (χ2n) is 3.57. The molecule has 17 heavy (non-hydrogen) atoms. The lowest BCUT2D eigenvalue weighted by molar-refractivity contribution is -0.118. The number of nitrogen functional groups attached to an aromatic ring is 1. The number of rotatable bonds is 6. The molecule has 0 atom stereocenters. The summed E-state index contributed by atoms with van der Waals surface area (Å²) in [6, 6.07) is 7.20. The first kappa shape index (κ1) is 13.9. The molecule has 1 amide bonds. The quantitative estimate of drug-likeness (QED) is 0.752. The third kappa shape index (κ3) is 3.94. The number of hydrogen-bond acceptors (Lipinski definition) is 4. The normalized spacial score (nSPS) is 10.2. The van der Waals surface area contributed by atoms with E-state index in [2.05, 4.69) is 0 Å². The summed E-state index contributed by atoms with van der Waals surface area (Å²) in [4.78, 5) is 13.5. The van der Waals surface area contributed by atoms with Crippen molar-refractivity contribution in [3.8, 4) is 0 Å². The van der Waals surface area contributed by atoms with Crippen LogP contribution in [0.15, 0.2) is 24.3 Å².